The molecule has 1 N–H and O–H groups in total. The third-order valence-electron chi connectivity index (χ3n) is 4.28. The van der Waals surface area contributed by atoms with Crippen LogP contribution >= 0.6 is 11.6 Å². The van der Waals surface area contributed by atoms with E-state index in [0.29, 0.717) is 23.7 Å². The first-order chi connectivity index (χ1) is 9.63. The Balaban J connectivity index is 1.58. The van der Waals surface area contributed by atoms with Gasteiger partial charge in [-0.05, 0) is 56.7 Å². The van der Waals surface area contributed by atoms with E-state index in [2.05, 4.69) is 17.1 Å². The summed E-state index contributed by atoms with van der Waals surface area (Å²) in [7, 11) is 0. The fraction of sp³-hybridized carbons (Fsp3) is 0.562. The summed E-state index contributed by atoms with van der Waals surface area (Å²) in [5.74, 6) is 0.862. The summed E-state index contributed by atoms with van der Waals surface area (Å²) in [6.45, 7) is 2.76. The molecule has 0 spiro atoms. The van der Waals surface area contributed by atoms with Crippen LogP contribution in [0.3, 0.4) is 0 Å². The molecule has 0 aliphatic heterocycles. The maximum Gasteiger partial charge on any atom is 0.238 e. The summed E-state index contributed by atoms with van der Waals surface area (Å²) in [5.41, 5.74) is 0.775. The van der Waals surface area contributed by atoms with Gasteiger partial charge in [-0.15, -0.1) is 0 Å². The van der Waals surface area contributed by atoms with Gasteiger partial charge in [-0.1, -0.05) is 17.7 Å². The van der Waals surface area contributed by atoms with E-state index in [1.807, 2.05) is 18.2 Å². The van der Waals surface area contributed by atoms with Crippen molar-refractivity contribution in [3.63, 3.8) is 0 Å². The monoisotopic (exact) mass is 292 g/mol. The Kier molecular flexibility index (Phi) is 3.99. The van der Waals surface area contributed by atoms with Crippen LogP contribution in [0, 0.1) is 5.92 Å². The number of rotatable bonds is 6. The van der Waals surface area contributed by atoms with Crippen molar-refractivity contribution in [2.45, 2.75) is 44.7 Å². The van der Waals surface area contributed by atoms with E-state index in [9.17, 15) is 4.79 Å². The van der Waals surface area contributed by atoms with Gasteiger partial charge in [0.25, 0.3) is 0 Å². The Hall–Kier alpha value is -1.06. The second kappa shape index (κ2) is 5.74. The first kappa shape index (κ1) is 13.9. The van der Waals surface area contributed by atoms with Gasteiger partial charge < -0.3 is 5.32 Å². The van der Waals surface area contributed by atoms with Crippen molar-refractivity contribution < 1.29 is 4.79 Å². The zero-order valence-corrected chi connectivity index (χ0v) is 12.6. The van der Waals surface area contributed by atoms with Gasteiger partial charge in [-0.25, -0.2) is 0 Å². The van der Waals surface area contributed by atoms with E-state index in [1.165, 1.54) is 25.7 Å². The summed E-state index contributed by atoms with van der Waals surface area (Å²) in [4.78, 5) is 14.6. The smallest absolute Gasteiger partial charge is 0.238 e. The SMILES string of the molecule is CC(C1CC1)N(CC(=O)Nc1cccc(Cl)c1)C1CC1. The van der Waals surface area contributed by atoms with Crippen molar-refractivity contribution in [1.29, 1.82) is 0 Å². The van der Waals surface area contributed by atoms with Crippen molar-refractivity contribution in [3.8, 4) is 0 Å². The van der Waals surface area contributed by atoms with Crippen LogP contribution in [0.2, 0.25) is 5.02 Å². The van der Waals surface area contributed by atoms with Crippen LogP contribution in [0.4, 0.5) is 5.69 Å². The Labute approximate surface area is 125 Å². The Morgan fingerprint density at radius 3 is 2.75 bits per heavy atom. The van der Waals surface area contributed by atoms with Gasteiger partial charge in [0, 0.05) is 22.8 Å². The number of anilines is 1. The number of amides is 1. The third kappa shape index (κ3) is 3.53. The third-order valence-corrected chi connectivity index (χ3v) is 4.51. The molecule has 2 fully saturated rings. The highest BCUT2D eigenvalue weighted by Crippen LogP contribution is 2.39. The van der Waals surface area contributed by atoms with Gasteiger partial charge in [0.15, 0.2) is 0 Å². The molecule has 2 saturated carbocycles. The Morgan fingerprint density at radius 2 is 2.15 bits per heavy atom. The number of halogens is 1. The molecule has 1 atom stereocenters. The average Bonchev–Trinajstić information content (AvgIpc) is 3.28. The lowest BCUT2D eigenvalue weighted by molar-refractivity contribution is -0.118. The summed E-state index contributed by atoms with van der Waals surface area (Å²) in [6.07, 6.45) is 5.11. The quantitative estimate of drug-likeness (QED) is 0.870. The molecular weight excluding hydrogens is 272 g/mol. The highest BCUT2D eigenvalue weighted by atomic mass is 35.5. The van der Waals surface area contributed by atoms with Gasteiger partial charge in [0.05, 0.1) is 6.54 Å². The van der Waals surface area contributed by atoms with Crippen LogP contribution in [0.5, 0.6) is 0 Å². The number of hydrogen-bond donors (Lipinski definition) is 1. The van der Waals surface area contributed by atoms with E-state index in [-0.39, 0.29) is 5.91 Å². The fourth-order valence-electron chi connectivity index (χ4n) is 2.79. The second-order valence-corrected chi connectivity index (χ2v) is 6.48. The van der Waals surface area contributed by atoms with Crippen molar-refractivity contribution in [2.24, 2.45) is 5.92 Å². The van der Waals surface area contributed by atoms with Crippen LogP contribution in [0.1, 0.15) is 32.6 Å². The molecule has 3 nitrogen and oxygen atoms in total. The molecule has 1 unspecified atom stereocenters. The van der Waals surface area contributed by atoms with Crippen molar-refractivity contribution in [1.82, 2.24) is 4.90 Å². The van der Waals surface area contributed by atoms with Gasteiger partial charge >= 0.3 is 0 Å². The molecule has 3 rings (SSSR count). The van der Waals surface area contributed by atoms with Crippen LogP contribution in [-0.2, 0) is 4.79 Å². The van der Waals surface area contributed by atoms with E-state index >= 15 is 0 Å². The lowest BCUT2D eigenvalue weighted by Gasteiger charge is -2.28. The highest BCUT2D eigenvalue weighted by molar-refractivity contribution is 6.30. The van der Waals surface area contributed by atoms with Gasteiger partial charge in [-0.3, -0.25) is 9.69 Å². The molecule has 0 radical (unpaired) electrons. The molecule has 20 heavy (non-hydrogen) atoms. The largest absolute Gasteiger partial charge is 0.325 e. The molecule has 2 aliphatic rings. The second-order valence-electron chi connectivity index (χ2n) is 6.04. The molecular formula is C16H21ClN2O. The lowest BCUT2D eigenvalue weighted by atomic mass is 10.1. The van der Waals surface area contributed by atoms with Gasteiger partial charge in [-0.2, -0.15) is 0 Å². The molecule has 2 aliphatic carbocycles. The molecule has 0 saturated heterocycles. The van der Waals surface area contributed by atoms with Gasteiger partial charge in [0.1, 0.15) is 0 Å². The zero-order valence-electron chi connectivity index (χ0n) is 11.8. The summed E-state index contributed by atoms with van der Waals surface area (Å²) in [5, 5.41) is 3.59. The van der Waals surface area contributed by atoms with Crippen LogP contribution in [0.15, 0.2) is 24.3 Å². The first-order valence-electron chi connectivity index (χ1n) is 7.44. The predicted molar refractivity (Wildman–Crippen MR) is 82.0 cm³/mol. The van der Waals surface area contributed by atoms with Crippen molar-refractivity contribution in [2.75, 3.05) is 11.9 Å². The molecule has 1 amide bonds. The minimum atomic E-state index is 0.0617. The molecule has 108 valence electrons. The molecule has 0 heterocycles. The summed E-state index contributed by atoms with van der Waals surface area (Å²) < 4.78 is 0. The minimum Gasteiger partial charge on any atom is -0.325 e. The minimum absolute atomic E-state index is 0.0617. The van der Waals surface area contributed by atoms with E-state index < -0.39 is 0 Å². The van der Waals surface area contributed by atoms with E-state index in [0.717, 1.165) is 11.6 Å². The molecule has 1 aromatic carbocycles. The van der Waals surface area contributed by atoms with Crippen molar-refractivity contribution in [3.05, 3.63) is 29.3 Å². The molecule has 4 heteroatoms. The zero-order chi connectivity index (χ0) is 14.1. The molecule has 1 aromatic rings. The number of carbonyl (C=O) groups is 1. The van der Waals surface area contributed by atoms with Gasteiger partial charge in [0.2, 0.25) is 5.91 Å². The fourth-order valence-corrected chi connectivity index (χ4v) is 2.98. The summed E-state index contributed by atoms with van der Waals surface area (Å²) in [6, 6.07) is 8.47. The first-order valence-corrected chi connectivity index (χ1v) is 7.82. The number of nitrogens with one attached hydrogen (secondary N) is 1. The van der Waals surface area contributed by atoms with E-state index in [1.54, 1.807) is 6.07 Å². The number of carbonyl (C=O) groups excluding carboxylic acids is 1. The lowest BCUT2D eigenvalue weighted by Crippen LogP contribution is -2.42. The standard InChI is InChI=1S/C16H21ClN2O/c1-11(12-5-6-12)19(15-7-8-15)10-16(20)18-14-4-2-3-13(17)9-14/h2-4,9,11-12,15H,5-8,10H2,1H3,(H,18,20). The normalized spacial score (nSPS) is 19.9. The van der Waals surface area contributed by atoms with E-state index in [4.69, 9.17) is 11.6 Å². The molecule has 0 aromatic heterocycles. The van der Waals surface area contributed by atoms with Crippen molar-refractivity contribution >= 4 is 23.2 Å². The Morgan fingerprint density at radius 1 is 1.40 bits per heavy atom. The maximum absolute atomic E-state index is 12.2. The highest BCUT2D eigenvalue weighted by Gasteiger charge is 2.39. The molecule has 0 bridgehead atoms. The van der Waals surface area contributed by atoms with Crippen LogP contribution < -0.4 is 5.32 Å². The maximum atomic E-state index is 12.2. The van der Waals surface area contributed by atoms with Crippen LogP contribution in [-0.4, -0.2) is 29.4 Å². The number of hydrogen-bond acceptors (Lipinski definition) is 2. The summed E-state index contributed by atoms with van der Waals surface area (Å²) >= 11 is 5.93. The predicted octanol–water partition coefficient (Wildman–Crippen LogP) is 3.54. The van der Waals surface area contributed by atoms with Crippen LogP contribution in [0.25, 0.3) is 0 Å². The average molecular weight is 293 g/mol. The number of nitrogens with zero attached hydrogens (tertiary/aromatic N) is 1. The topological polar surface area (TPSA) is 32.3 Å². The number of benzene rings is 1. The Bertz CT molecular complexity index is 497.